The number of carbonyl (C=O) groups is 3. The first-order valence-electron chi connectivity index (χ1n) is 6.92. The van der Waals surface area contributed by atoms with E-state index in [1.165, 1.54) is 19.1 Å². The molecule has 1 unspecified atom stereocenters. The number of carboxylic acid groups (broad SMARTS) is 1. The van der Waals surface area contributed by atoms with Gasteiger partial charge in [0.05, 0.1) is 12.0 Å². The van der Waals surface area contributed by atoms with Crippen molar-refractivity contribution in [2.75, 3.05) is 6.54 Å². The summed E-state index contributed by atoms with van der Waals surface area (Å²) >= 11 is 0. The monoisotopic (exact) mass is 340 g/mol. The Kier molecular flexibility index (Phi) is 4.42. The Labute approximate surface area is 133 Å². The van der Waals surface area contributed by atoms with E-state index in [4.69, 9.17) is 5.11 Å². The van der Waals surface area contributed by atoms with Crippen LogP contribution in [-0.2, 0) is 14.8 Å². The molecule has 2 amide bonds. The molecule has 124 valence electrons. The highest BCUT2D eigenvalue weighted by atomic mass is 32.2. The minimum absolute atomic E-state index is 0.00697. The lowest BCUT2D eigenvalue weighted by atomic mass is 10.1. The molecule has 1 aromatic rings. The van der Waals surface area contributed by atoms with Gasteiger partial charge in [0, 0.05) is 18.2 Å². The van der Waals surface area contributed by atoms with Crippen LogP contribution in [0.5, 0.6) is 0 Å². The Hall–Kier alpha value is -2.42. The molecule has 0 spiro atoms. The van der Waals surface area contributed by atoms with Crippen LogP contribution in [0.25, 0.3) is 0 Å². The van der Waals surface area contributed by atoms with Gasteiger partial charge in [-0.1, -0.05) is 0 Å². The Bertz CT molecular complexity index is 786. The van der Waals surface area contributed by atoms with Crippen LogP contribution in [0.3, 0.4) is 0 Å². The highest BCUT2D eigenvalue weighted by Crippen LogP contribution is 2.30. The largest absolute Gasteiger partial charge is 0.481 e. The lowest BCUT2D eigenvalue weighted by Crippen LogP contribution is -2.34. The fourth-order valence-corrected chi connectivity index (χ4v) is 3.95. The average molecular weight is 340 g/mol. The molecule has 0 saturated heterocycles. The molecule has 2 N–H and O–H groups in total. The molecule has 1 aromatic carbocycles. The second-order valence-corrected chi connectivity index (χ2v) is 6.99. The molecule has 0 radical (unpaired) electrons. The van der Waals surface area contributed by atoms with Crippen LogP contribution < -0.4 is 5.32 Å². The van der Waals surface area contributed by atoms with Gasteiger partial charge in [0.1, 0.15) is 4.90 Å². The van der Waals surface area contributed by atoms with Crippen molar-refractivity contribution in [2.24, 2.45) is 0 Å². The molecule has 0 aromatic heterocycles. The van der Waals surface area contributed by atoms with Gasteiger partial charge in [0.2, 0.25) is 0 Å². The second-order valence-electron chi connectivity index (χ2n) is 5.16. The van der Waals surface area contributed by atoms with Crippen LogP contribution in [0.15, 0.2) is 23.1 Å². The van der Waals surface area contributed by atoms with Crippen LogP contribution >= 0.6 is 0 Å². The topological polar surface area (TPSA) is 121 Å². The summed E-state index contributed by atoms with van der Waals surface area (Å²) in [6.45, 7) is 3.08. The maximum absolute atomic E-state index is 12.3. The van der Waals surface area contributed by atoms with Crippen molar-refractivity contribution < 1.29 is 27.9 Å². The van der Waals surface area contributed by atoms with E-state index in [1.807, 2.05) is 0 Å². The fraction of sp³-hybridized carbons (Fsp3) is 0.357. The zero-order valence-corrected chi connectivity index (χ0v) is 13.4. The highest BCUT2D eigenvalue weighted by Gasteiger charge is 2.40. The number of aliphatic carboxylic acids is 1. The number of nitrogens with zero attached hydrogens (tertiary/aromatic N) is 1. The smallest absolute Gasteiger partial charge is 0.305 e. The van der Waals surface area contributed by atoms with Crippen LogP contribution in [0.2, 0.25) is 0 Å². The third-order valence-corrected chi connectivity index (χ3v) is 5.31. The number of benzene rings is 1. The summed E-state index contributed by atoms with van der Waals surface area (Å²) in [6.07, 6.45) is -0.253. The Morgan fingerprint density at radius 2 is 2.00 bits per heavy atom. The molecule has 0 aliphatic carbocycles. The van der Waals surface area contributed by atoms with Gasteiger partial charge in [-0.3, -0.25) is 14.4 Å². The first kappa shape index (κ1) is 16.9. The van der Waals surface area contributed by atoms with Gasteiger partial charge >= 0.3 is 5.97 Å². The van der Waals surface area contributed by atoms with E-state index in [0.717, 1.165) is 10.4 Å². The van der Waals surface area contributed by atoms with Gasteiger partial charge in [-0.25, -0.2) is 12.7 Å². The predicted molar refractivity (Wildman–Crippen MR) is 79.5 cm³/mol. The summed E-state index contributed by atoms with van der Waals surface area (Å²) in [6, 6.07) is 3.16. The third-order valence-electron chi connectivity index (χ3n) is 3.41. The maximum Gasteiger partial charge on any atom is 0.305 e. The Balaban J connectivity index is 2.31. The first-order valence-corrected chi connectivity index (χ1v) is 8.36. The molecular weight excluding hydrogens is 324 g/mol. The SMILES string of the molecule is CCN1C(=O)c2ccc(C(=O)NC(C)CC(=O)O)cc2S1(=O)=O. The van der Waals surface area contributed by atoms with Crippen molar-refractivity contribution in [3.63, 3.8) is 0 Å². The van der Waals surface area contributed by atoms with Gasteiger partial charge in [0.15, 0.2) is 0 Å². The summed E-state index contributed by atoms with van der Waals surface area (Å²) in [5, 5.41) is 11.1. The van der Waals surface area contributed by atoms with E-state index >= 15 is 0 Å². The van der Waals surface area contributed by atoms with Crippen molar-refractivity contribution in [3.8, 4) is 0 Å². The third kappa shape index (κ3) is 3.04. The molecule has 0 bridgehead atoms. The normalized spacial score (nSPS) is 16.8. The zero-order valence-electron chi connectivity index (χ0n) is 12.6. The van der Waals surface area contributed by atoms with Crippen molar-refractivity contribution in [1.82, 2.24) is 9.62 Å². The molecule has 0 saturated carbocycles. The Morgan fingerprint density at radius 3 is 2.57 bits per heavy atom. The zero-order chi connectivity index (χ0) is 17.4. The van der Waals surface area contributed by atoms with E-state index < -0.39 is 33.8 Å². The number of carbonyl (C=O) groups excluding carboxylic acids is 2. The summed E-state index contributed by atoms with van der Waals surface area (Å²) in [5.74, 6) is -2.27. The van der Waals surface area contributed by atoms with Gasteiger partial charge in [0.25, 0.3) is 21.8 Å². The molecular formula is C14H16N2O6S. The number of amides is 2. The predicted octanol–water partition coefficient (Wildman–Crippen LogP) is 0.444. The molecule has 0 fully saturated rings. The molecule has 2 rings (SSSR count). The molecule has 1 heterocycles. The van der Waals surface area contributed by atoms with Crippen LogP contribution in [0.1, 0.15) is 41.0 Å². The molecule has 9 heteroatoms. The summed E-state index contributed by atoms with van der Waals surface area (Å²) in [7, 11) is -3.94. The van der Waals surface area contributed by atoms with Gasteiger partial charge in [-0.05, 0) is 32.0 Å². The van der Waals surface area contributed by atoms with Crippen LogP contribution in [0, 0.1) is 0 Å². The maximum atomic E-state index is 12.3. The summed E-state index contributed by atoms with van der Waals surface area (Å²) < 4.78 is 25.3. The lowest BCUT2D eigenvalue weighted by Gasteiger charge is -2.12. The van der Waals surface area contributed by atoms with Crippen molar-refractivity contribution in [2.45, 2.75) is 31.2 Å². The number of sulfonamides is 1. The van der Waals surface area contributed by atoms with Crippen molar-refractivity contribution in [1.29, 1.82) is 0 Å². The van der Waals surface area contributed by atoms with Crippen molar-refractivity contribution in [3.05, 3.63) is 29.3 Å². The van der Waals surface area contributed by atoms with Crippen molar-refractivity contribution >= 4 is 27.8 Å². The molecule has 1 aliphatic heterocycles. The van der Waals surface area contributed by atoms with E-state index in [-0.39, 0.29) is 29.0 Å². The molecule has 23 heavy (non-hydrogen) atoms. The highest BCUT2D eigenvalue weighted by molar-refractivity contribution is 7.90. The van der Waals surface area contributed by atoms with E-state index in [9.17, 15) is 22.8 Å². The fourth-order valence-electron chi connectivity index (χ4n) is 2.35. The van der Waals surface area contributed by atoms with Gasteiger partial charge < -0.3 is 10.4 Å². The minimum Gasteiger partial charge on any atom is -0.481 e. The van der Waals surface area contributed by atoms with Crippen LogP contribution in [-0.4, -0.2) is 48.2 Å². The average Bonchev–Trinajstić information content (AvgIpc) is 2.64. The van der Waals surface area contributed by atoms with E-state index in [0.29, 0.717) is 0 Å². The number of rotatable bonds is 5. The second kappa shape index (κ2) is 5.99. The van der Waals surface area contributed by atoms with E-state index in [2.05, 4.69) is 5.32 Å². The lowest BCUT2D eigenvalue weighted by molar-refractivity contribution is -0.137. The van der Waals surface area contributed by atoms with Gasteiger partial charge in [-0.2, -0.15) is 0 Å². The number of carboxylic acids is 1. The van der Waals surface area contributed by atoms with E-state index in [1.54, 1.807) is 6.92 Å². The summed E-state index contributed by atoms with van der Waals surface area (Å²) in [5.41, 5.74) is 0.0808. The molecule has 8 nitrogen and oxygen atoms in total. The number of fused-ring (bicyclic) bond motifs is 1. The first-order chi connectivity index (χ1) is 10.7. The summed E-state index contributed by atoms with van der Waals surface area (Å²) in [4.78, 5) is 34.5. The number of hydrogen-bond acceptors (Lipinski definition) is 5. The number of nitrogens with one attached hydrogen (secondary N) is 1. The minimum atomic E-state index is -3.94. The quantitative estimate of drug-likeness (QED) is 0.802. The van der Waals surface area contributed by atoms with Gasteiger partial charge in [-0.15, -0.1) is 0 Å². The number of hydrogen-bond donors (Lipinski definition) is 2. The Morgan fingerprint density at radius 1 is 1.35 bits per heavy atom. The molecule has 1 atom stereocenters. The molecule has 1 aliphatic rings. The standard InChI is InChI=1S/C14H16N2O6S/c1-3-16-14(20)10-5-4-9(7-11(10)23(16,21)22)13(19)15-8(2)6-12(17)18/h4-5,7-8H,3,6H2,1-2H3,(H,15,19)(H,17,18). The van der Waals surface area contributed by atoms with Crippen LogP contribution in [0.4, 0.5) is 0 Å².